The van der Waals surface area contributed by atoms with Gasteiger partial charge in [-0.1, -0.05) is 12.1 Å². The number of quaternary nitrogens is 1. The monoisotopic (exact) mass is 330 g/mol. The van der Waals surface area contributed by atoms with Crippen LogP contribution in [0, 0.1) is 10.4 Å². The number of carbonyl (C=O) groups is 2. The van der Waals surface area contributed by atoms with Crippen molar-refractivity contribution in [1.82, 2.24) is 4.81 Å². The molecular weight excluding hydrogens is 318 g/mol. The van der Waals surface area contributed by atoms with Crippen molar-refractivity contribution in [2.75, 3.05) is 14.2 Å². The van der Waals surface area contributed by atoms with Crippen LogP contribution in [-0.4, -0.2) is 26.2 Å². The standard InChI is InChI=1S/C16H12NO7/c1-22-15(18)9-5-3-7-11-13(9)17(20,21)14-10(16(19)23-2)6-4-8-12(14)24-11/h3-8H,1-2H3/q-1. The topological polar surface area (TPSA) is 108 Å². The van der Waals surface area contributed by atoms with Gasteiger partial charge in [-0.15, -0.1) is 0 Å². The van der Waals surface area contributed by atoms with E-state index in [1.807, 2.05) is 0 Å². The third-order valence-corrected chi connectivity index (χ3v) is 3.62. The van der Waals surface area contributed by atoms with Crippen molar-refractivity contribution in [3.8, 4) is 11.5 Å². The second-order valence-electron chi connectivity index (χ2n) is 4.94. The molecular formula is C16H12NO7-. The Morgan fingerprint density at radius 3 is 1.67 bits per heavy atom. The van der Waals surface area contributed by atoms with E-state index >= 15 is 0 Å². The van der Waals surface area contributed by atoms with E-state index in [1.54, 1.807) is 0 Å². The Labute approximate surface area is 136 Å². The first-order chi connectivity index (χ1) is 11.4. The van der Waals surface area contributed by atoms with Gasteiger partial charge in [0, 0.05) is 0 Å². The molecule has 0 radical (unpaired) electrons. The predicted octanol–water partition coefficient (Wildman–Crippen LogP) is 3.00. The number of ether oxygens (including phenoxy) is 3. The van der Waals surface area contributed by atoms with E-state index in [1.165, 1.54) is 36.4 Å². The summed E-state index contributed by atoms with van der Waals surface area (Å²) in [5, 5.41) is 25.9. The second-order valence-corrected chi connectivity index (χ2v) is 4.94. The van der Waals surface area contributed by atoms with Gasteiger partial charge in [-0.25, -0.2) is 9.59 Å². The minimum absolute atomic E-state index is 0.0718. The summed E-state index contributed by atoms with van der Waals surface area (Å²) in [5.41, 5.74) is -1.42. The van der Waals surface area contributed by atoms with Crippen LogP contribution in [0.5, 0.6) is 11.5 Å². The van der Waals surface area contributed by atoms with Gasteiger partial charge in [0.15, 0.2) is 22.9 Å². The minimum Gasteiger partial charge on any atom is -0.620 e. The molecule has 0 aromatic heterocycles. The molecule has 1 aliphatic rings. The highest BCUT2D eigenvalue weighted by molar-refractivity contribution is 6.03. The quantitative estimate of drug-likeness (QED) is 0.473. The van der Waals surface area contributed by atoms with E-state index in [9.17, 15) is 20.0 Å². The molecule has 8 heteroatoms. The molecule has 0 N–H and O–H groups in total. The van der Waals surface area contributed by atoms with Crippen LogP contribution in [0.4, 0.5) is 11.4 Å². The molecule has 0 saturated carbocycles. The van der Waals surface area contributed by atoms with Crippen LogP contribution < -0.4 is 9.55 Å². The van der Waals surface area contributed by atoms with E-state index in [4.69, 9.17) is 4.74 Å². The lowest BCUT2D eigenvalue weighted by atomic mass is 10.1. The molecule has 1 aliphatic heterocycles. The zero-order valence-electron chi connectivity index (χ0n) is 12.8. The maximum Gasteiger partial charge on any atom is 0.344 e. The Hall–Kier alpha value is -2.94. The molecule has 2 aromatic rings. The molecule has 0 amide bonds. The third-order valence-electron chi connectivity index (χ3n) is 3.62. The van der Waals surface area contributed by atoms with Crippen molar-refractivity contribution in [1.29, 1.82) is 0 Å². The van der Waals surface area contributed by atoms with Crippen molar-refractivity contribution in [3.63, 3.8) is 0 Å². The van der Waals surface area contributed by atoms with Crippen LogP contribution in [0.15, 0.2) is 36.4 Å². The van der Waals surface area contributed by atoms with Crippen LogP contribution >= 0.6 is 0 Å². The molecule has 0 aliphatic carbocycles. The van der Waals surface area contributed by atoms with Crippen molar-refractivity contribution in [2.45, 2.75) is 0 Å². The van der Waals surface area contributed by atoms with E-state index < -0.39 is 28.1 Å². The molecule has 2 aromatic carbocycles. The van der Waals surface area contributed by atoms with Gasteiger partial charge in [0.05, 0.1) is 14.2 Å². The van der Waals surface area contributed by atoms with E-state index in [2.05, 4.69) is 9.47 Å². The number of esters is 2. The molecule has 124 valence electrons. The molecule has 8 nitrogen and oxygen atoms in total. The lowest BCUT2D eigenvalue weighted by molar-refractivity contribution is 0.0594. The van der Waals surface area contributed by atoms with Gasteiger partial charge in [-0.05, 0) is 24.3 Å². The number of para-hydroxylation sites is 2. The molecule has 0 unspecified atom stereocenters. The molecule has 0 spiro atoms. The van der Waals surface area contributed by atoms with Gasteiger partial charge >= 0.3 is 11.9 Å². The lowest BCUT2D eigenvalue weighted by Gasteiger charge is -2.49. The van der Waals surface area contributed by atoms with Crippen molar-refractivity contribution >= 4 is 23.3 Å². The summed E-state index contributed by atoms with van der Waals surface area (Å²) in [6, 6.07) is 8.25. The highest BCUT2D eigenvalue weighted by Crippen LogP contribution is 2.53. The normalized spacial score (nSPS) is 14.0. The van der Waals surface area contributed by atoms with Crippen LogP contribution in [-0.2, 0) is 9.47 Å². The first-order valence-electron chi connectivity index (χ1n) is 6.84. The maximum atomic E-state index is 12.9. The number of carbonyl (C=O) groups excluding carboxylic acids is 2. The maximum absolute atomic E-state index is 12.9. The fraction of sp³-hybridized carbons (Fsp3) is 0.125. The van der Waals surface area contributed by atoms with Gasteiger partial charge in [0.2, 0.25) is 0 Å². The second kappa shape index (κ2) is 5.60. The number of hydrogen-bond acceptors (Lipinski definition) is 7. The van der Waals surface area contributed by atoms with E-state index in [0.29, 0.717) is 0 Å². The first-order valence-corrected chi connectivity index (χ1v) is 6.84. The van der Waals surface area contributed by atoms with E-state index in [-0.39, 0.29) is 22.6 Å². The molecule has 0 fully saturated rings. The molecule has 1 heterocycles. The highest BCUT2D eigenvalue weighted by Gasteiger charge is 2.38. The fourth-order valence-electron chi connectivity index (χ4n) is 2.60. The summed E-state index contributed by atoms with van der Waals surface area (Å²) in [5.74, 6) is -1.86. The number of nitrogens with zero attached hydrogens (tertiary/aromatic N) is 1. The molecule has 24 heavy (non-hydrogen) atoms. The number of hydrogen-bond donors (Lipinski definition) is 0. The smallest absolute Gasteiger partial charge is 0.344 e. The van der Waals surface area contributed by atoms with Gasteiger partial charge < -0.3 is 29.4 Å². The first kappa shape index (κ1) is 15.9. The van der Waals surface area contributed by atoms with Gasteiger partial charge in [-0.2, -0.15) is 0 Å². The zero-order valence-corrected chi connectivity index (χ0v) is 12.8. The fourth-order valence-corrected chi connectivity index (χ4v) is 2.60. The lowest BCUT2D eigenvalue weighted by Crippen LogP contribution is -2.36. The average Bonchev–Trinajstić information content (AvgIpc) is 2.59. The van der Waals surface area contributed by atoms with Crippen LogP contribution in [0.3, 0.4) is 0 Å². The van der Waals surface area contributed by atoms with Gasteiger partial charge in [0.1, 0.15) is 11.1 Å². The van der Waals surface area contributed by atoms with Crippen LogP contribution in [0.25, 0.3) is 0 Å². The Balaban J connectivity index is 2.30. The van der Waals surface area contributed by atoms with Crippen LogP contribution in [0.1, 0.15) is 20.7 Å². The Morgan fingerprint density at radius 1 is 0.875 bits per heavy atom. The summed E-state index contributed by atoms with van der Waals surface area (Å²) in [7, 11) is 2.26. The number of benzene rings is 2. The van der Waals surface area contributed by atoms with E-state index in [0.717, 1.165) is 14.2 Å². The minimum atomic E-state index is -2.35. The largest absolute Gasteiger partial charge is 0.620 e. The molecule has 3 rings (SSSR count). The Kier molecular flexibility index (Phi) is 3.72. The Bertz CT molecular complexity index is 777. The summed E-state index contributed by atoms with van der Waals surface area (Å²) < 4.78 is 14.8. The van der Waals surface area contributed by atoms with Gasteiger partial charge in [-0.3, -0.25) is 0 Å². The number of rotatable bonds is 2. The van der Waals surface area contributed by atoms with Crippen molar-refractivity contribution in [3.05, 3.63) is 57.9 Å². The SMILES string of the molecule is COC(=O)c1cccc2c1[N+]([O-])([O-])c1c(cccc1C(=O)OC)O2. The molecule has 0 bridgehead atoms. The van der Waals surface area contributed by atoms with Crippen molar-refractivity contribution in [2.24, 2.45) is 0 Å². The summed E-state index contributed by atoms with van der Waals surface area (Å²) in [6.07, 6.45) is 0. The van der Waals surface area contributed by atoms with Crippen molar-refractivity contribution < 1.29 is 23.8 Å². The Morgan fingerprint density at radius 2 is 1.29 bits per heavy atom. The molecule has 0 saturated heterocycles. The number of fused-ring (bicyclic) bond motifs is 2. The van der Waals surface area contributed by atoms with Crippen LogP contribution in [0.2, 0.25) is 0 Å². The zero-order chi connectivity index (χ0) is 17.5. The summed E-state index contributed by atoms with van der Waals surface area (Å²) in [6.45, 7) is 0. The highest BCUT2D eigenvalue weighted by atomic mass is 16.8. The summed E-state index contributed by atoms with van der Waals surface area (Å²) >= 11 is 0. The predicted molar refractivity (Wildman–Crippen MR) is 83.8 cm³/mol. The third kappa shape index (κ3) is 2.21. The summed E-state index contributed by atoms with van der Waals surface area (Å²) in [4.78, 5) is 21.5. The average molecular weight is 330 g/mol. The number of methoxy groups -OCH3 is 2. The van der Waals surface area contributed by atoms with Gasteiger partial charge in [0.25, 0.3) is 0 Å². The molecule has 0 atom stereocenters.